The number of hydrogen-bond acceptors (Lipinski definition) is 4. The van der Waals surface area contributed by atoms with E-state index in [1.807, 2.05) is 22.7 Å². The first kappa shape index (κ1) is 71.4. The minimum absolute atomic E-state index is 1.10. The highest BCUT2D eigenvalue weighted by Crippen LogP contribution is 2.52. The Morgan fingerprint density at radius 3 is 0.700 bits per heavy atom. The van der Waals surface area contributed by atoms with E-state index in [2.05, 4.69) is 480 Å². The number of hydrogen-bond donors (Lipinski definition) is 0. The predicted octanol–water partition coefficient (Wildman–Crippen LogP) is 32.9. The van der Waals surface area contributed by atoms with Crippen LogP contribution in [-0.2, 0) is 0 Å². The molecule has 564 valence electrons. The summed E-state index contributed by atoms with van der Waals surface area (Å²) in [6, 6.07) is 167. The molecule has 23 aromatic rings. The van der Waals surface area contributed by atoms with Gasteiger partial charge in [0.05, 0.1) is 22.1 Å². The van der Waals surface area contributed by atoms with Crippen LogP contribution >= 0.6 is 22.7 Å². The fourth-order valence-corrected chi connectivity index (χ4v) is 20.3. The third-order valence-electron chi connectivity index (χ3n) is 23.6. The zero-order valence-electron chi connectivity index (χ0n) is 65.5. The standard InChI is InChI=1S/C60H40N2S.C54H36N2S/c1-4-14-41(15-5-1)44-24-32-48(33-25-44)61(49-34-26-45(27-35-49)42-16-6-2-7-17-42)50-38-30-47(31-39-50)54-40-55-52-20-10-12-22-56(52)62(51-36-28-46(29-37-51)43-18-8-3-9-19-43)59(55)58-53-21-11-13-23-57(53)63-60(54)58;1-4-14-37(15-5-1)39-24-30-43(31-25-39)55(44-32-26-40(27-33-44)38-16-6-2-7-17-38)45-34-28-41(29-35-45)48-36-49-46-20-10-12-22-50(46)56(42-18-8-3-9-19-42)53(49)52-47-21-11-13-23-51(47)57-54(48)52/h1-40H;1-36H. The summed E-state index contributed by atoms with van der Waals surface area (Å²) in [5.41, 5.74) is 30.9. The van der Waals surface area contributed by atoms with Crippen LogP contribution in [0.3, 0.4) is 0 Å². The molecule has 0 fully saturated rings. The number of fused-ring (bicyclic) bond motifs is 14. The van der Waals surface area contributed by atoms with Gasteiger partial charge in [0.15, 0.2) is 0 Å². The van der Waals surface area contributed by atoms with Gasteiger partial charge in [-0.3, -0.25) is 0 Å². The fourth-order valence-electron chi connectivity index (χ4n) is 17.9. The summed E-state index contributed by atoms with van der Waals surface area (Å²) in [7, 11) is 0. The van der Waals surface area contributed by atoms with E-state index in [1.165, 1.54) is 168 Å². The van der Waals surface area contributed by atoms with E-state index < -0.39 is 0 Å². The van der Waals surface area contributed by atoms with Crippen molar-refractivity contribution in [2.75, 3.05) is 9.80 Å². The second kappa shape index (κ2) is 30.8. The molecule has 0 aliphatic heterocycles. The van der Waals surface area contributed by atoms with Gasteiger partial charge in [-0.1, -0.05) is 328 Å². The maximum Gasteiger partial charge on any atom is 0.0634 e. The summed E-state index contributed by atoms with van der Waals surface area (Å²) in [4.78, 5) is 4.72. The van der Waals surface area contributed by atoms with Gasteiger partial charge in [0.1, 0.15) is 0 Å². The van der Waals surface area contributed by atoms with Gasteiger partial charge < -0.3 is 18.9 Å². The Balaban J connectivity index is 0.000000145. The van der Waals surface area contributed by atoms with Crippen molar-refractivity contribution < 1.29 is 0 Å². The number of nitrogens with zero attached hydrogens (tertiary/aromatic N) is 4. The van der Waals surface area contributed by atoms with Crippen molar-refractivity contribution in [3.05, 3.63) is 461 Å². The van der Waals surface area contributed by atoms with E-state index in [0.717, 1.165) is 39.8 Å². The van der Waals surface area contributed by atoms with Crippen molar-refractivity contribution in [1.29, 1.82) is 0 Å². The lowest BCUT2D eigenvalue weighted by Gasteiger charge is -2.26. The molecule has 0 unspecified atom stereocenters. The molecular weight excluding hydrogens is 1490 g/mol. The van der Waals surface area contributed by atoms with E-state index in [-0.39, 0.29) is 0 Å². The first-order valence-electron chi connectivity index (χ1n) is 40.9. The van der Waals surface area contributed by atoms with Crippen LogP contribution in [0.2, 0.25) is 0 Å². The maximum absolute atomic E-state index is 2.48. The summed E-state index contributed by atoms with van der Waals surface area (Å²) < 4.78 is 10.1. The first-order valence-corrected chi connectivity index (χ1v) is 42.6. The lowest BCUT2D eigenvalue weighted by molar-refractivity contribution is 1.19. The van der Waals surface area contributed by atoms with E-state index in [4.69, 9.17) is 0 Å². The summed E-state index contributed by atoms with van der Waals surface area (Å²) >= 11 is 3.78. The Labute approximate surface area is 704 Å². The van der Waals surface area contributed by atoms with Gasteiger partial charge in [-0.15, -0.1) is 22.7 Å². The third kappa shape index (κ3) is 13.0. The molecule has 4 nitrogen and oxygen atoms in total. The lowest BCUT2D eigenvalue weighted by atomic mass is 9.98. The number of thiophene rings is 2. The fraction of sp³-hybridized carbons (Fsp3) is 0. The van der Waals surface area contributed by atoms with Crippen LogP contribution in [0, 0.1) is 0 Å². The molecule has 0 saturated heterocycles. The summed E-state index contributed by atoms with van der Waals surface area (Å²) in [6.07, 6.45) is 0. The van der Waals surface area contributed by atoms with Crippen molar-refractivity contribution in [2.24, 2.45) is 0 Å². The Hall–Kier alpha value is -15.2. The minimum atomic E-state index is 1.10. The molecule has 0 atom stereocenters. The normalized spacial score (nSPS) is 11.5. The van der Waals surface area contributed by atoms with E-state index >= 15 is 0 Å². The molecule has 4 heterocycles. The van der Waals surface area contributed by atoms with Crippen LogP contribution in [0.5, 0.6) is 0 Å². The average Bonchev–Trinajstić information content (AvgIpc) is 1.55. The Bertz CT molecular complexity index is 7490. The van der Waals surface area contributed by atoms with Crippen LogP contribution in [0.4, 0.5) is 34.1 Å². The highest BCUT2D eigenvalue weighted by atomic mass is 32.1. The van der Waals surface area contributed by atoms with Gasteiger partial charge in [0.25, 0.3) is 0 Å². The highest BCUT2D eigenvalue weighted by Gasteiger charge is 2.26. The summed E-state index contributed by atoms with van der Waals surface area (Å²) in [5.74, 6) is 0. The zero-order valence-corrected chi connectivity index (χ0v) is 67.1. The average molecular weight is 1570 g/mol. The molecular formula is C114H76N4S2. The van der Waals surface area contributed by atoms with Crippen molar-refractivity contribution in [2.45, 2.75) is 0 Å². The summed E-state index contributed by atoms with van der Waals surface area (Å²) in [6.45, 7) is 0. The number of rotatable bonds is 15. The van der Waals surface area contributed by atoms with Crippen molar-refractivity contribution in [1.82, 2.24) is 9.13 Å². The smallest absolute Gasteiger partial charge is 0.0634 e. The van der Waals surface area contributed by atoms with Crippen molar-refractivity contribution in [3.8, 4) is 89.3 Å². The predicted molar refractivity (Wildman–Crippen MR) is 515 cm³/mol. The minimum Gasteiger partial charge on any atom is -0.311 e. The third-order valence-corrected chi connectivity index (χ3v) is 26.0. The van der Waals surface area contributed by atoms with Gasteiger partial charge in [0, 0.05) is 119 Å². The molecule has 0 N–H and O–H groups in total. The van der Waals surface area contributed by atoms with Gasteiger partial charge in [-0.25, -0.2) is 0 Å². The second-order valence-corrected chi connectivity index (χ2v) is 32.7. The molecule has 6 heteroatoms. The highest BCUT2D eigenvalue weighted by molar-refractivity contribution is 7.27. The second-order valence-electron chi connectivity index (χ2n) is 30.6. The molecule has 0 bridgehead atoms. The van der Waals surface area contributed by atoms with Crippen LogP contribution in [0.25, 0.3) is 173 Å². The van der Waals surface area contributed by atoms with E-state index in [0.29, 0.717) is 0 Å². The number of para-hydroxylation sites is 3. The van der Waals surface area contributed by atoms with Gasteiger partial charge in [0.2, 0.25) is 0 Å². The van der Waals surface area contributed by atoms with Crippen LogP contribution < -0.4 is 9.80 Å². The molecule has 23 rings (SSSR count). The monoisotopic (exact) mass is 1560 g/mol. The number of aromatic nitrogens is 2. The largest absolute Gasteiger partial charge is 0.311 e. The van der Waals surface area contributed by atoms with Crippen LogP contribution in [-0.4, -0.2) is 9.13 Å². The van der Waals surface area contributed by atoms with Crippen molar-refractivity contribution >= 4 is 141 Å². The Kier molecular flexibility index (Phi) is 18.3. The number of benzene rings is 19. The zero-order chi connectivity index (χ0) is 79.4. The molecule has 0 radical (unpaired) electrons. The molecule has 0 aliphatic rings. The molecule has 0 aliphatic carbocycles. The molecule has 0 saturated carbocycles. The van der Waals surface area contributed by atoms with E-state index in [1.54, 1.807) is 0 Å². The Morgan fingerprint density at radius 2 is 0.400 bits per heavy atom. The van der Waals surface area contributed by atoms with Crippen molar-refractivity contribution in [3.63, 3.8) is 0 Å². The van der Waals surface area contributed by atoms with Crippen LogP contribution in [0.15, 0.2) is 461 Å². The maximum atomic E-state index is 2.48. The van der Waals surface area contributed by atoms with Gasteiger partial charge >= 0.3 is 0 Å². The SMILES string of the molecule is c1ccc(-c2ccc(N(c3ccc(-c4ccccc4)cc3)c3ccc(-c4cc5c6ccccc6n(-c6ccc(-c7ccccc7)cc6)c5c5c4sc4ccccc45)cc3)cc2)cc1.c1ccc(-c2ccc(N(c3ccc(-c4ccccc4)cc3)c3ccc(-c4cc5c6ccccc6n(-c6ccccc6)c5c5c4sc4ccccc45)cc3)cc2)cc1. The summed E-state index contributed by atoms with van der Waals surface area (Å²) in [5, 5.41) is 10.2. The van der Waals surface area contributed by atoms with Gasteiger partial charge in [-0.05, 0) is 200 Å². The Morgan fingerprint density at radius 1 is 0.175 bits per heavy atom. The van der Waals surface area contributed by atoms with Gasteiger partial charge in [-0.2, -0.15) is 0 Å². The molecule has 0 amide bonds. The quantitative estimate of drug-likeness (QED) is 0.102. The number of anilines is 6. The first-order chi connectivity index (χ1) is 59.5. The van der Waals surface area contributed by atoms with Crippen LogP contribution in [0.1, 0.15) is 0 Å². The lowest BCUT2D eigenvalue weighted by Crippen LogP contribution is -2.09. The molecule has 120 heavy (non-hydrogen) atoms. The van der Waals surface area contributed by atoms with E-state index in [9.17, 15) is 0 Å². The topological polar surface area (TPSA) is 16.3 Å². The molecule has 19 aromatic carbocycles. The molecule has 4 aromatic heterocycles. The molecule has 0 spiro atoms.